The van der Waals surface area contributed by atoms with Crippen LogP contribution < -0.4 is 9.47 Å². The Balaban J connectivity index is 1.90. The minimum atomic E-state index is -0.0446. The molecule has 0 aliphatic carbocycles. The number of carbonyl (C=O) groups is 1. The molecule has 2 aromatic rings. The molecular weight excluding hydrogens is 549 g/mol. The Hall–Kier alpha value is -2.51. The van der Waals surface area contributed by atoms with Crippen LogP contribution in [-0.2, 0) is 11.4 Å². The van der Waals surface area contributed by atoms with Crippen molar-refractivity contribution < 1.29 is 14.3 Å². The van der Waals surface area contributed by atoms with E-state index in [2.05, 4.69) is 33.7 Å². The van der Waals surface area contributed by atoms with E-state index in [-0.39, 0.29) is 24.6 Å². The summed E-state index contributed by atoms with van der Waals surface area (Å²) >= 11 is 3.59. The van der Waals surface area contributed by atoms with E-state index in [0.717, 1.165) is 19.9 Å². The van der Waals surface area contributed by atoms with Crippen molar-refractivity contribution in [1.82, 2.24) is 4.90 Å². The molecule has 8 heteroatoms. The van der Waals surface area contributed by atoms with Gasteiger partial charge in [0, 0.05) is 17.6 Å². The van der Waals surface area contributed by atoms with Crippen molar-refractivity contribution in [3.05, 3.63) is 61.6 Å². The molecule has 172 valence electrons. The second kappa shape index (κ2) is 11.1. The molecule has 0 atom stereocenters. The van der Waals surface area contributed by atoms with Gasteiger partial charge in [0.25, 0.3) is 5.91 Å². The largest absolute Gasteiger partial charge is 0.493 e. The number of hydrogen-bond donors (Lipinski definition) is 0. The zero-order valence-corrected chi connectivity index (χ0v) is 22.2. The van der Waals surface area contributed by atoms with Gasteiger partial charge in [-0.15, -0.1) is 0 Å². The zero-order chi connectivity index (χ0) is 24.1. The highest BCUT2D eigenvalue weighted by Gasteiger charge is 2.35. The van der Waals surface area contributed by atoms with Crippen LogP contribution in [0.3, 0.4) is 0 Å². The molecule has 6 nitrogen and oxygen atoms in total. The monoisotopic (exact) mass is 575 g/mol. The first kappa shape index (κ1) is 25.1. The lowest BCUT2D eigenvalue weighted by Gasteiger charge is -2.20. The third kappa shape index (κ3) is 5.89. The fraction of sp³-hybridized carbons (Fsp3) is 0.320. The van der Waals surface area contributed by atoms with Gasteiger partial charge < -0.3 is 9.47 Å². The number of hydrogen-bond acceptors (Lipinski definition) is 6. The molecule has 0 spiro atoms. The first-order valence-corrected chi connectivity index (χ1v) is 12.4. The number of rotatable bonds is 7. The van der Waals surface area contributed by atoms with Crippen molar-refractivity contribution in [1.29, 1.82) is 5.26 Å². The summed E-state index contributed by atoms with van der Waals surface area (Å²) in [6.07, 6.45) is 1.87. The number of halogens is 1. The molecule has 2 aromatic carbocycles. The van der Waals surface area contributed by atoms with E-state index >= 15 is 0 Å². The van der Waals surface area contributed by atoms with Gasteiger partial charge in [-0.25, -0.2) is 0 Å². The molecule has 1 aliphatic heterocycles. The average molecular weight is 575 g/mol. The van der Waals surface area contributed by atoms with E-state index in [1.165, 1.54) is 11.8 Å². The van der Waals surface area contributed by atoms with Gasteiger partial charge >= 0.3 is 0 Å². The third-order valence-electron chi connectivity index (χ3n) is 4.78. The van der Waals surface area contributed by atoms with E-state index in [1.54, 1.807) is 18.1 Å². The van der Waals surface area contributed by atoms with Crippen LogP contribution in [0.5, 0.6) is 11.5 Å². The topological polar surface area (TPSA) is 74.9 Å². The van der Waals surface area contributed by atoms with Gasteiger partial charge in [0.05, 0.1) is 27.2 Å². The molecule has 0 N–H and O–H groups in total. The minimum Gasteiger partial charge on any atom is -0.493 e. The molecule has 3 rings (SSSR count). The minimum absolute atomic E-state index is 0.0233. The number of nitriles is 1. The quantitative estimate of drug-likeness (QED) is 0.307. The molecule has 1 amide bonds. The van der Waals surface area contributed by atoms with Gasteiger partial charge in [-0.3, -0.25) is 14.7 Å². The van der Waals surface area contributed by atoms with Crippen molar-refractivity contribution in [2.75, 3.05) is 7.11 Å². The van der Waals surface area contributed by atoms with Crippen LogP contribution in [0.2, 0.25) is 0 Å². The first-order valence-electron chi connectivity index (χ1n) is 10.5. The molecule has 1 saturated heterocycles. The Morgan fingerprint density at radius 1 is 1.24 bits per heavy atom. The average Bonchev–Trinajstić information content (AvgIpc) is 3.06. The Labute approximate surface area is 212 Å². The summed E-state index contributed by atoms with van der Waals surface area (Å²) in [5.74, 6) is 1.12. The number of ether oxygens (including phenoxy) is 2. The molecule has 1 heterocycles. The second-order valence-electron chi connectivity index (χ2n) is 7.98. The van der Waals surface area contributed by atoms with Crippen molar-refractivity contribution in [3.63, 3.8) is 0 Å². The van der Waals surface area contributed by atoms with Crippen LogP contribution in [0.25, 0.3) is 6.08 Å². The first-order chi connectivity index (χ1) is 15.7. The van der Waals surface area contributed by atoms with Gasteiger partial charge in [0.1, 0.15) is 6.61 Å². The van der Waals surface area contributed by atoms with E-state index < -0.39 is 0 Å². The van der Waals surface area contributed by atoms with Gasteiger partial charge in [0.15, 0.2) is 16.7 Å². The summed E-state index contributed by atoms with van der Waals surface area (Å²) < 4.78 is 12.5. The summed E-state index contributed by atoms with van der Waals surface area (Å²) in [5.41, 5.74) is 2.23. The lowest BCUT2D eigenvalue weighted by atomic mass is 10.1. The maximum atomic E-state index is 13.0. The summed E-state index contributed by atoms with van der Waals surface area (Å²) in [6.45, 7) is 8.22. The number of amides is 1. The molecular formula is C25H26IN3O3S. The van der Waals surface area contributed by atoms with Crippen molar-refractivity contribution in [3.8, 4) is 17.6 Å². The highest BCUT2D eigenvalue weighted by molar-refractivity contribution is 14.1. The van der Waals surface area contributed by atoms with Crippen LogP contribution >= 0.6 is 34.4 Å². The van der Waals surface area contributed by atoms with Crippen LogP contribution in [-0.4, -0.2) is 35.2 Å². The SMILES string of the molecule is COc1cc(/C=C2/SC(=NC(C)C)N(C(C)C)C2=O)cc(I)c1OCc1ccccc1C#N. The predicted octanol–water partition coefficient (Wildman–Crippen LogP) is 5.84. The number of amidine groups is 1. The van der Waals surface area contributed by atoms with E-state index in [0.29, 0.717) is 22.0 Å². The van der Waals surface area contributed by atoms with Gasteiger partial charge in [0.2, 0.25) is 0 Å². The number of thioether (sulfide) groups is 1. The molecule has 0 saturated carbocycles. The van der Waals surface area contributed by atoms with E-state index in [1.807, 2.05) is 64.1 Å². The second-order valence-corrected chi connectivity index (χ2v) is 10.1. The smallest absolute Gasteiger partial charge is 0.266 e. The number of nitrogens with zero attached hydrogens (tertiary/aromatic N) is 3. The summed E-state index contributed by atoms with van der Waals surface area (Å²) in [6, 6.07) is 13.5. The standard InChI is InChI=1S/C25H26IN3O3S/c1-15(2)28-25-29(16(3)4)24(30)22(33-25)12-17-10-20(26)23(21(11-17)31-5)32-14-19-9-7-6-8-18(19)13-27/h6-12,15-16H,14H2,1-5H3/b22-12+,28-25?. The van der Waals surface area contributed by atoms with Crippen LogP contribution in [0.15, 0.2) is 46.3 Å². The maximum absolute atomic E-state index is 13.0. The molecule has 1 fully saturated rings. The van der Waals surface area contributed by atoms with Crippen molar-refractivity contribution in [2.24, 2.45) is 4.99 Å². The van der Waals surface area contributed by atoms with Crippen LogP contribution in [0.1, 0.15) is 44.4 Å². The van der Waals surface area contributed by atoms with Gasteiger partial charge in [-0.2, -0.15) is 5.26 Å². The summed E-state index contributed by atoms with van der Waals surface area (Å²) in [5, 5.41) is 10.0. The Bertz CT molecular complexity index is 1150. The third-order valence-corrected chi connectivity index (χ3v) is 6.58. The number of carbonyl (C=O) groups excluding carboxylic acids is 1. The molecule has 0 radical (unpaired) electrons. The predicted molar refractivity (Wildman–Crippen MR) is 141 cm³/mol. The number of benzene rings is 2. The van der Waals surface area contributed by atoms with Crippen molar-refractivity contribution >= 4 is 51.5 Å². The summed E-state index contributed by atoms with van der Waals surface area (Å²) in [4.78, 5) is 20.0. The van der Waals surface area contributed by atoms with Crippen molar-refractivity contribution in [2.45, 2.75) is 46.4 Å². The molecule has 0 bridgehead atoms. The van der Waals surface area contributed by atoms with Gasteiger partial charge in [-0.1, -0.05) is 18.2 Å². The Kier molecular flexibility index (Phi) is 8.43. The fourth-order valence-electron chi connectivity index (χ4n) is 3.27. The molecule has 1 aliphatic rings. The number of aliphatic imine (C=N–C) groups is 1. The van der Waals surface area contributed by atoms with E-state index in [4.69, 9.17) is 9.47 Å². The highest BCUT2D eigenvalue weighted by atomic mass is 127. The van der Waals surface area contributed by atoms with Crippen LogP contribution in [0.4, 0.5) is 0 Å². The number of methoxy groups -OCH3 is 1. The Morgan fingerprint density at radius 3 is 2.61 bits per heavy atom. The normalized spacial score (nSPS) is 16.2. The van der Waals surface area contributed by atoms with E-state index in [9.17, 15) is 10.1 Å². The molecule has 0 aromatic heterocycles. The lowest BCUT2D eigenvalue weighted by Crippen LogP contribution is -2.35. The summed E-state index contributed by atoms with van der Waals surface area (Å²) in [7, 11) is 1.59. The van der Waals surface area contributed by atoms with Gasteiger partial charge in [-0.05, 0) is 91.9 Å². The lowest BCUT2D eigenvalue weighted by molar-refractivity contribution is -0.123. The Morgan fingerprint density at radius 2 is 1.97 bits per heavy atom. The molecule has 0 unspecified atom stereocenters. The molecule has 33 heavy (non-hydrogen) atoms. The van der Waals surface area contributed by atoms with Crippen LogP contribution in [0, 0.1) is 14.9 Å². The fourth-order valence-corrected chi connectivity index (χ4v) is 5.29. The maximum Gasteiger partial charge on any atom is 0.266 e. The zero-order valence-electron chi connectivity index (χ0n) is 19.3. The highest BCUT2D eigenvalue weighted by Crippen LogP contribution is 2.38.